The van der Waals surface area contributed by atoms with E-state index in [0.29, 0.717) is 5.82 Å². The number of fused-ring (bicyclic) bond motifs is 16. The van der Waals surface area contributed by atoms with Gasteiger partial charge < -0.3 is 14.0 Å². The van der Waals surface area contributed by atoms with Crippen molar-refractivity contribution < 1.29 is 9.47 Å². The van der Waals surface area contributed by atoms with Crippen LogP contribution in [0.3, 0.4) is 0 Å². The Bertz CT molecular complexity index is 4020. The third kappa shape index (κ3) is 5.54. The second kappa shape index (κ2) is 14.8. The predicted octanol–water partition coefficient (Wildman–Crippen LogP) is 16.5. The summed E-state index contributed by atoms with van der Waals surface area (Å²) in [6.45, 7) is 0. The second-order valence-corrected chi connectivity index (χ2v) is 18.4. The second-order valence-electron chi connectivity index (χ2n) is 18.4. The van der Waals surface area contributed by atoms with Gasteiger partial charge in [0.1, 0.15) is 0 Å². The highest BCUT2D eigenvalue weighted by Gasteiger charge is 2.53. The van der Waals surface area contributed by atoms with Crippen LogP contribution in [0, 0.1) is 0 Å². The van der Waals surface area contributed by atoms with Crippen molar-refractivity contribution in [2.45, 2.75) is 5.41 Å². The van der Waals surface area contributed by atoms with Crippen LogP contribution in [0.15, 0.2) is 237 Å². The highest BCUT2D eigenvalue weighted by Crippen LogP contribution is 2.66. The molecule has 5 heteroatoms. The van der Waals surface area contributed by atoms with E-state index in [2.05, 4.69) is 180 Å². The van der Waals surface area contributed by atoms with E-state index in [1.54, 1.807) is 0 Å². The van der Waals surface area contributed by atoms with Gasteiger partial charge in [-0.3, -0.25) is 0 Å². The first-order chi connectivity index (χ1) is 34.7. The summed E-state index contributed by atoms with van der Waals surface area (Å²) in [4.78, 5) is 10.1. The topological polar surface area (TPSA) is 49.2 Å². The zero-order chi connectivity index (χ0) is 45.9. The van der Waals surface area contributed by atoms with Crippen LogP contribution in [0.1, 0.15) is 22.3 Å². The van der Waals surface area contributed by atoms with Gasteiger partial charge in [-0.1, -0.05) is 176 Å². The van der Waals surface area contributed by atoms with Gasteiger partial charge in [-0.05, 0) is 111 Å². The molecule has 3 heterocycles. The Morgan fingerprint density at radius 2 is 0.914 bits per heavy atom. The summed E-state index contributed by atoms with van der Waals surface area (Å²) in [7, 11) is 0. The molecule has 0 saturated heterocycles. The molecule has 12 aromatic rings. The molecular weight excluding hydrogens is 855 g/mol. The van der Waals surface area contributed by atoms with Crippen molar-refractivity contribution in [2.24, 2.45) is 0 Å². The van der Waals surface area contributed by atoms with Crippen LogP contribution < -0.4 is 9.47 Å². The van der Waals surface area contributed by atoms with Crippen molar-refractivity contribution in [3.63, 3.8) is 0 Å². The fourth-order valence-electron chi connectivity index (χ4n) is 11.7. The fraction of sp³-hybridized carbons (Fsp3) is 0.0154. The Morgan fingerprint density at radius 1 is 0.343 bits per heavy atom. The Hall–Kier alpha value is -9.32. The lowest BCUT2D eigenvalue weighted by atomic mass is 9.70. The molecule has 0 amide bonds. The average molecular weight is 894 g/mol. The van der Waals surface area contributed by atoms with Crippen molar-refractivity contribution in [3.8, 4) is 96.0 Å². The van der Waals surface area contributed by atoms with Gasteiger partial charge in [0.05, 0.1) is 27.8 Å². The quantitative estimate of drug-likeness (QED) is 0.173. The maximum Gasteiger partial charge on any atom is 0.178 e. The first-order valence-corrected chi connectivity index (χ1v) is 23.8. The van der Waals surface area contributed by atoms with E-state index >= 15 is 0 Å². The van der Waals surface area contributed by atoms with Crippen LogP contribution in [0.2, 0.25) is 0 Å². The minimum Gasteiger partial charge on any atom is -0.449 e. The number of aromatic nitrogens is 3. The Kier molecular flexibility index (Phi) is 8.21. The first-order valence-electron chi connectivity index (χ1n) is 23.8. The minimum atomic E-state index is -0.562. The smallest absolute Gasteiger partial charge is 0.178 e. The summed E-state index contributed by atoms with van der Waals surface area (Å²) in [6.07, 6.45) is 0. The molecule has 0 fully saturated rings. The summed E-state index contributed by atoms with van der Waals surface area (Å²) < 4.78 is 15.8. The Labute approximate surface area is 404 Å². The maximum absolute atomic E-state index is 6.84. The van der Waals surface area contributed by atoms with Crippen LogP contribution in [0.5, 0.6) is 23.0 Å². The molecule has 3 aliphatic rings. The first kappa shape index (κ1) is 38.8. The Balaban J connectivity index is 0.868. The molecule has 2 aromatic heterocycles. The number of benzene rings is 10. The van der Waals surface area contributed by atoms with Gasteiger partial charge in [-0.2, -0.15) is 0 Å². The van der Waals surface area contributed by atoms with Gasteiger partial charge in [-0.25, -0.2) is 9.97 Å². The van der Waals surface area contributed by atoms with E-state index < -0.39 is 5.41 Å². The van der Waals surface area contributed by atoms with Crippen LogP contribution >= 0.6 is 0 Å². The summed E-state index contributed by atoms with van der Waals surface area (Å²) in [6, 6.07) is 84.3. The van der Waals surface area contributed by atoms with Gasteiger partial charge >= 0.3 is 0 Å². The molecule has 5 nitrogen and oxygen atoms in total. The molecule has 1 aliphatic heterocycles. The Morgan fingerprint density at radius 3 is 1.66 bits per heavy atom. The molecule has 10 aromatic carbocycles. The van der Waals surface area contributed by atoms with Crippen molar-refractivity contribution in [1.82, 2.24) is 14.5 Å². The van der Waals surface area contributed by atoms with Crippen molar-refractivity contribution in [3.05, 3.63) is 259 Å². The average Bonchev–Trinajstić information content (AvgIpc) is 4.05. The standard InChI is InChI=1S/C65H39N3O2/c1-3-15-40(16-4-1)55-39-56(67-64(66-55)42-17-5-2-6-18-42)41-27-31-45(32-28-41)68-57-24-12-9-21-48(57)50-37-43(30-35-58(50)68)44-29-33-49-54(38-44)65(51-22-10-7-19-46(51)47-20-8-11-23-52(47)65)53-34-36-61-63(62(49)53)70-60-26-14-13-25-59(60)69-61/h1-39H. The summed E-state index contributed by atoms with van der Waals surface area (Å²) in [5.41, 5.74) is 19.7. The highest BCUT2D eigenvalue weighted by atomic mass is 16.6. The summed E-state index contributed by atoms with van der Waals surface area (Å²) in [5, 5.41) is 2.40. The minimum absolute atomic E-state index is 0.562. The van der Waals surface area contributed by atoms with E-state index in [0.717, 1.165) is 90.1 Å². The maximum atomic E-state index is 6.84. The fourth-order valence-corrected chi connectivity index (χ4v) is 11.7. The summed E-state index contributed by atoms with van der Waals surface area (Å²) in [5.74, 6) is 3.63. The monoisotopic (exact) mass is 893 g/mol. The number of para-hydroxylation sites is 3. The zero-order valence-corrected chi connectivity index (χ0v) is 37.7. The number of hydrogen-bond acceptors (Lipinski definition) is 4. The third-order valence-electron chi connectivity index (χ3n) is 14.7. The van der Waals surface area contributed by atoms with Gasteiger partial charge in [0, 0.05) is 38.7 Å². The molecule has 326 valence electrons. The molecule has 15 rings (SSSR count). The van der Waals surface area contributed by atoms with E-state index in [9.17, 15) is 0 Å². The number of nitrogens with zero attached hydrogens (tertiary/aromatic N) is 3. The SMILES string of the molecule is c1ccc(-c2cc(-c3ccc(-n4c5ccccc5c5cc(-c6ccc7c(c6)C6(c8ccccc8-c8ccccc86)c6ccc8c(c6-7)Oc6ccccc6O8)ccc54)cc3)nc(-c3ccccc3)n2)cc1. The van der Waals surface area contributed by atoms with Crippen LogP contribution in [-0.4, -0.2) is 14.5 Å². The molecule has 2 aliphatic carbocycles. The number of rotatable bonds is 5. The van der Waals surface area contributed by atoms with Gasteiger partial charge in [0.15, 0.2) is 28.8 Å². The van der Waals surface area contributed by atoms with E-state index in [-0.39, 0.29) is 0 Å². The van der Waals surface area contributed by atoms with E-state index in [1.165, 1.54) is 44.2 Å². The van der Waals surface area contributed by atoms with E-state index in [4.69, 9.17) is 19.4 Å². The van der Waals surface area contributed by atoms with Gasteiger partial charge in [0.25, 0.3) is 0 Å². The lowest BCUT2D eigenvalue weighted by Crippen LogP contribution is -2.26. The number of ether oxygens (including phenoxy) is 2. The lowest BCUT2D eigenvalue weighted by molar-refractivity contribution is 0.360. The van der Waals surface area contributed by atoms with Gasteiger partial charge in [-0.15, -0.1) is 0 Å². The highest BCUT2D eigenvalue weighted by molar-refractivity contribution is 6.11. The molecule has 0 radical (unpaired) electrons. The molecular formula is C65H39N3O2. The molecule has 0 saturated carbocycles. The third-order valence-corrected chi connectivity index (χ3v) is 14.7. The number of hydrogen-bond donors (Lipinski definition) is 0. The van der Waals surface area contributed by atoms with Gasteiger partial charge in [0.2, 0.25) is 0 Å². The summed E-state index contributed by atoms with van der Waals surface area (Å²) >= 11 is 0. The van der Waals surface area contributed by atoms with Crippen LogP contribution in [0.25, 0.3) is 94.8 Å². The predicted molar refractivity (Wildman–Crippen MR) is 281 cm³/mol. The van der Waals surface area contributed by atoms with Crippen molar-refractivity contribution in [1.29, 1.82) is 0 Å². The van der Waals surface area contributed by atoms with Crippen LogP contribution in [0.4, 0.5) is 0 Å². The van der Waals surface area contributed by atoms with Crippen molar-refractivity contribution >= 4 is 21.8 Å². The molecule has 0 bridgehead atoms. The van der Waals surface area contributed by atoms with E-state index in [1.807, 2.05) is 60.7 Å². The van der Waals surface area contributed by atoms with Crippen molar-refractivity contribution in [2.75, 3.05) is 0 Å². The molecule has 0 unspecified atom stereocenters. The molecule has 1 spiro atoms. The molecule has 70 heavy (non-hydrogen) atoms. The normalized spacial score (nSPS) is 13.2. The largest absolute Gasteiger partial charge is 0.449 e. The molecule has 0 N–H and O–H groups in total. The lowest BCUT2D eigenvalue weighted by Gasteiger charge is -2.31. The zero-order valence-electron chi connectivity index (χ0n) is 37.7. The van der Waals surface area contributed by atoms with Crippen LogP contribution in [-0.2, 0) is 5.41 Å². The molecule has 0 atom stereocenters.